The van der Waals surface area contributed by atoms with Crippen molar-refractivity contribution in [2.24, 2.45) is 11.3 Å². The summed E-state index contributed by atoms with van der Waals surface area (Å²) in [4.78, 5) is 27.9. The second-order valence-corrected chi connectivity index (χ2v) is 7.97. The van der Waals surface area contributed by atoms with Gasteiger partial charge in [0.15, 0.2) is 0 Å². The largest absolute Gasteiger partial charge is 0.458 e. The minimum absolute atomic E-state index is 0.147. The van der Waals surface area contributed by atoms with Crippen LogP contribution >= 0.6 is 0 Å². The zero-order valence-corrected chi connectivity index (χ0v) is 14.4. The number of rotatable bonds is 2. The first-order chi connectivity index (χ1) is 11.5. The molecule has 2 aliphatic carbocycles. The fourth-order valence-electron chi connectivity index (χ4n) is 4.70. The standard InChI is InChI=1S/C19H25NO4/c1-19(2)15-12(8-9-23-15)16(19)24-18(22)13-10-11-6-4-3-5-7-14(11)20-17(13)21/h10,12,15-16H,3-9H2,1-2H3,(H,20,21)/t12-,15-,16+/m1/s1. The van der Waals surface area contributed by atoms with Gasteiger partial charge in [0, 0.05) is 23.6 Å². The van der Waals surface area contributed by atoms with Gasteiger partial charge in [-0.05, 0) is 43.7 Å². The van der Waals surface area contributed by atoms with Crippen LogP contribution in [0.3, 0.4) is 0 Å². The van der Waals surface area contributed by atoms with E-state index in [9.17, 15) is 9.59 Å². The Hall–Kier alpha value is -1.62. The van der Waals surface area contributed by atoms with E-state index in [0.717, 1.165) is 56.4 Å². The van der Waals surface area contributed by atoms with E-state index in [4.69, 9.17) is 9.47 Å². The Morgan fingerprint density at radius 2 is 2.08 bits per heavy atom. The number of aromatic amines is 1. The van der Waals surface area contributed by atoms with Gasteiger partial charge in [0.1, 0.15) is 11.7 Å². The Morgan fingerprint density at radius 3 is 2.92 bits per heavy atom. The first kappa shape index (κ1) is 15.9. The summed E-state index contributed by atoms with van der Waals surface area (Å²) >= 11 is 0. The Labute approximate surface area is 141 Å². The average Bonchev–Trinajstić information content (AvgIpc) is 2.89. The van der Waals surface area contributed by atoms with Crippen LogP contribution in [0, 0.1) is 11.3 Å². The summed E-state index contributed by atoms with van der Waals surface area (Å²) in [6.07, 6.45) is 6.08. The SMILES string of the molecule is CC1(C)[C@@H]2OCC[C@H]2[C@@H]1OC(=O)c1cc2c([nH]c1=O)CCCCC2. The van der Waals surface area contributed by atoms with Crippen molar-refractivity contribution in [1.82, 2.24) is 4.98 Å². The van der Waals surface area contributed by atoms with E-state index in [1.54, 1.807) is 6.07 Å². The van der Waals surface area contributed by atoms with Crippen LogP contribution in [0.2, 0.25) is 0 Å². The third-order valence-electron chi connectivity index (χ3n) is 6.03. The molecule has 2 fully saturated rings. The molecule has 0 amide bonds. The van der Waals surface area contributed by atoms with E-state index in [2.05, 4.69) is 18.8 Å². The molecule has 0 bridgehead atoms. The highest BCUT2D eigenvalue weighted by Crippen LogP contribution is 2.53. The number of esters is 1. The third-order valence-corrected chi connectivity index (χ3v) is 6.03. The smallest absolute Gasteiger partial charge is 0.344 e. The summed E-state index contributed by atoms with van der Waals surface area (Å²) in [5.74, 6) is -0.226. The number of carbonyl (C=O) groups is 1. The number of pyridine rings is 1. The number of carbonyl (C=O) groups excluding carboxylic acids is 1. The van der Waals surface area contributed by atoms with Crippen LogP contribution in [-0.4, -0.2) is 29.8 Å². The van der Waals surface area contributed by atoms with Gasteiger partial charge in [-0.25, -0.2) is 4.79 Å². The molecule has 130 valence electrons. The second-order valence-electron chi connectivity index (χ2n) is 7.97. The second kappa shape index (κ2) is 5.73. The lowest BCUT2D eigenvalue weighted by atomic mass is 9.59. The van der Waals surface area contributed by atoms with E-state index in [1.807, 2.05) is 0 Å². The number of hydrogen-bond donors (Lipinski definition) is 1. The van der Waals surface area contributed by atoms with Gasteiger partial charge >= 0.3 is 5.97 Å². The molecule has 1 aromatic heterocycles. The summed E-state index contributed by atoms with van der Waals surface area (Å²) in [6, 6.07) is 1.76. The number of aryl methyl sites for hydroxylation is 2. The Morgan fingerprint density at radius 1 is 1.29 bits per heavy atom. The van der Waals surface area contributed by atoms with E-state index < -0.39 is 5.97 Å². The van der Waals surface area contributed by atoms with Crippen LogP contribution in [0.4, 0.5) is 0 Å². The summed E-state index contributed by atoms with van der Waals surface area (Å²) in [6.45, 7) is 4.86. The predicted molar refractivity (Wildman–Crippen MR) is 89.2 cm³/mol. The monoisotopic (exact) mass is 331 g/mol. The molecule has 0 radical (unpaired) electrons. The molecule has 1 aromatic rings. The van der Waals surface area contributed by atoms with Crippen molar-refractivity contribution in [2.45, 2.75) is 64.6 Å². The number of nitrogens with one attached hydrogen (secondary N) is 1. The minimum Gasteiger partial charge on any atom is -0.458 e. The van der Waals surface area contributed by atoms with Crippen LogP contribution < -0.4 is 5.56 Å². The van der Waals surface area contributed by atoms with Gasteiger partial charge in [0.25, 0.3) is 5.56 Å². The van der Waals surface area contributed by atoms with Crippen LogP contribution in [0.5, 0.6) is 0 Å². The Kier molecular flexibility index (Phi) is 3.79. The first-order valence-corrected chi connectivity index (χ1v) is 9.06. The van der Waals surface area contributed by atoms with Crippen molar-refractivity contribution in [2.75, 3.05) is 6.61 Å². The molecule has 1 saturated carbocycles. The van der Waals surface area contributed by atoms with Crippen molar-refractivity contribution in [3.63, 3.8) is 0 Å². The van der Waals surface area contributed by atoms with Crippen LogP contribution in [0.15, 0.2) is 10.9 Å². The maximum absolute atomic E-state index is 12.6. The average molecular weight is 331 g/mol. The number of fused-ring (bicyclic) bond motifs is 2. The van der Waals surface area contributed by atoms with Gasteiger partial charge in [0.2, 0.25) is 0 Å². The molecule has 2 heterocycles. The van der Waals surface area contributed by atoms with E-state index in [0.29, 0.717) is 0 Å². The normalized spacial score (nSPS) is 30.7. The molecule has 0 aromatic carbocycles. The minimum atomic E-state index is -0.494. The predicted octanol–water partition coefficient (Wildman–Crippen LogP) is 2.61. The lowest BCUT2D eigenvalue weighted by molar-refractivity contribution is -0.183. The van der Waals surface area contributed by atoms with Crippen molar-refractivity contribution in [3.8, 4) is 0 Å². The molecule has 3 aliphatic rings. The molecule has 5 heteroatoms. The molecule has 24 heavy (non-hydrogen) atoms. The van der Waals surface area contributed by atoms with Crippen LogP contribution in [0.1, 0.15) is 61.1 Å². The number of H-pyrrole nitrogens is 1. The number of ether oxygens (including phenoxy) is 2. The van der Waals surface area contributed by atoms with Gasteiger partial charge < -0.3 is 14.5 Å². The van der Waals surface area contributed by atoms with Crippen LogP contribution in [0.25, 0.3) is 0 Å². The number of aromatic nitrogens is 1. The van der Waals surface area contributed by atoms with Gasteiger partial charge in [-0.2, -0.15) is 0 Å². The van der Waals surface area contributed by atoms with Crippen molar-refractivity contribution in [3.05, 3.63) is 33.2 Å². The van der Waals surface area contributed by atoms with Crippen molar-refractivity contribution >= 4 is 5.97 Å². The lowest BCUT2D eigenvalue weighted by Gasteiger charge is -2.53. The molecular weight excluding hydrogens is 306 g/mol. The third kappa shape index (κ3) is 2.41. The highest BCUT2D eigenvalue weighted by molar-refractivity contribution is 5.89. The topological polar surface area (TPSA) is 68.4 Å². The van der Waals surface area contributed by atoms with Gasteiger partial charge in [-0.15, -0.1) is 0 Å². The molecule has 1 saturated heterocycles. The van der Waals surface area contributed by atoms with Gasteiger partial charge in [-0.1, -0.05) is 20.3 Å². The number of hydrogen-bond acceptors (Lipinski definition) is 4. The highest BCUT2D eigenvalue weighted by atomic mass is 16.6. The molecule has 3 atom stereocenters. The zero-order chi connectivity index (χ0) is 16.9. The van der Waals surface area contributed by atoms with Crippen molar-refractivity contribution in [1.29, 1.82) is 0 Å². The van der Waals surface area contributed by atoms with Crippen molar-refractivity contribution < 1.29 is 14.3 Å². The summed E-state index contributed by atoms with van der Waals surface area (Å²) in [5.41, 5.74) is 1.72. The highest BCUT2D eigenvalue weighted by Gasteiger charge is 2.61. The fraction of sp³-hybridized carbons (Fsp3) is 0.684. The molecule has 0 spiro atoms. The van der Waals surface area contributed by atoms with Gasteiger partial charge in [0.05, 0.1) is 6.10 Å². The summed E-state index contributed by atoms with van der Waals surface area (Å²) in [7, 11) is 0. The fourth-order valence-corrected chi connectivity index (χ4v) is 4.70. The maximum Gasteiger partial charge on any atom is 0.344 e. The molecule has 1 N–H and O–H groups in total. The Balaban J connectivity index is 1.57. The molecule has 5 nitrogen and oxygen atoms in total. The molecule has 4 rings (SSSR count). The van der Waals surface area contributed by atoms with Crippen LogP contribution in [-0.2, 0) is 22.3 Å². The molecular formula is C19H25NO4. The van der Waals surface area contributed by atoms with E-state index >= 15 is 0 Å². The van der Waals surface area contributed by atoms with E-state index in [1.165, 1.54) is 0 Å². The quantitative estimate of drug-likeness (QED) is 0.668. The molecule has 1 aliphatic heterocycles. The first-order valence-electron chi connectivity index (χ1n) is 9.06. The lowest BCUT2D eigenvalue weighted by Crippen LogP contribution is -2.61. The summed E-state index contributed by atoms with van der Waals surface area (Å²) < 4.78 is 11.5. The van der Waals surface area contributed by atoms with E-state index in [-0.39, 0.29) is 34.7 Å². The summed E-state index contributed by atoms with van der Waals surface area (Å²) in [5, 5.41) is 0. The van der Waals surface area contributed by atoms with Gasteiger partial charge in [-0.3, -0.25) is 4.79 Å². The maximum atomic E-state index is 12.6. The molecule has 0 unspecified atom stereocenters. The Bertz CT molecular complexity index is 721. The zero-order valence-electron chi connectivity index (χ0n) is 14.4.